The Hall–Kier alpha value is -0.230. The number of rotatable bonds is 3. The van der Waals surface area contributed by atoms with Crippen LogP contribution in [-0.2, 0) is 4.79 Å². The van der Waals surface area contributed by atoms with Crippen molar-refractivity contribution in [2.45, 2.75) is 4.83 Å². The van der Waals surface area contributed by atoms with Crippen LogP contribution in [0.1, 0.15) is 0 Å². The van der Waals surface area contributed by atoms with E-state index < -0.39 is 17.3 Å². The average molecular weight is 217 g/mol. The van der Waals surface area contributed by atoms with Crippen molar-refractivity contribution >= 4 is 21.8 Å². The number of hydrogen-bond acceptors (Lipinski definition) is 2. The fraction of sp³-hybridized carbons (Fsp3) is 0.750. The van der Waals surface area contributed by atoms with E-state index in [2.05, 4.69) is 0 Å². The van der Waals surface area contributed by atoms with Crippen LogP contribution < -0.4 is 11.1 Å². The van der Waals surface area contributed by atoms with Crippen molar-refractivity contribution < 1.29 is 13.6 Å². The lowest BCUT2D eigenvalue weighted by Crippen LogP contribution is -2.36. The molecule has 3 nitrogen and oxygen atoms in total. The van der Waals surface area contributed by atoms with Crippen LogP contribution >= 0.6 is 15.9 Å². The highest BCUT2D eigenvalue weighted by atomic mass is 79.9. The summed E-state index contributed by atoms with van der Waals surface area (Å²) in [5.41, 5.74) is 4.83. The van der Waals surface area contributed by atoms with Crippen LogP contribution in [0.15, 0.2) is 0 Å². The second-order valence-corrected chi connectivity index (χ2v) is 2.76. The van der Waals surface area contributed by atoms with Crippen LogP contribution in [-0.4, -0.2) is 23.8 Å². The second-order valence-electron chi connectivity index (χ2n) is 1.60. The first kappa shape index (κ1) is 9.77. The Bertz CT molecular complexity index is 125. The summed E-state index contributed by atoms with van der Waals surface area (Å²) in [6, 6.07) is 0. The van der Waals surface area contributed by atoms with E-state index in [1.165, 1.54) is 0 Å². The highest BCUT2D eigenvalue weighted by Crippen LogP contribution is 2.19. The summed E-state index contributed by atoms with van der Waals surface area (Å²) in [4.78, 5) is 7.22. The molecule has 0 heterocycles. The second kappa shape index (κ2) is 3.82. The molecule has 0 bridgehead atoms. The van der Waals surface area contributed by atoms with Crippen LogP contribution in [0.2, 0.25) is 0 Å². The molecular weight excluding hydrogens is 210 g/mol. The molecule has 0 fully saturated rings. The first-order chi connectivity index (χ1) is 4.45. The minimum atomic E-state index is -3.04. The van der Waals surface area contributed by atoms with E-state index in [-0.39, 0.29) is 6.54 Å². The maximum absolute atomic E-state index is 11.9. The van der Waals surface area contributed by atoms with Gasteiger partial charge in [0.2, 0.25) is 5.91 Å². The third-order valence-electron chi connectivity index (χ3n) is 0.671. The predicted molar refractivity (Wildman–Crippen MR) is 35.9 cm³/mol. The van der Waals surface area contributed by atoms with E-state index in [4.69, 9.17) is 5.73 Å². The lowest BCUT2D eigenvalue weighted by Gasteiger charge is -2.07. The zero-order chi connectivity index (χ0) is 8.20. The van der Waals surface area contributed by atoms with Gasteiger partial charge in [0.1, 0.15) is 0 Å². The summed E-state index contributed by atoms with van der Waals surface area (Å²) in [5, 5.41) is 1.91. The van der Waals surface area contributed by atoms with E-state index in [9.17, 15) is 13.6 Å². The first-order valence-electron chi connectivity index (χ1n) is 2.49. The quantitative estimate of drug-likeness (QED) is 0.656. The van der Waals surface area contributed by atoms with Gasteiger partial charge in [0.05, 0.1) is 13.1 Å². The number of nitrogens with two attached hydrogens (primary N) is 1. The summed E-state index contributed by atoms with van der Waals surface area (Å²) in [5.74, 6) is -0.598. The summed E-state index contributed by atoms with van der Waals surface area (Å²) < 4.78 is 23.8. The highest BCUT2D eigenvalue weighted by molar-refractivity contribution is 9.10. The molecule has 60 valence electrons. The fourth-order valence-electron chi connectivity index (χ4n) is 0.271. The zero-order valence-electron chi connectivity index (χ0n) is 5.03. The Kier molecular flexibility index (Phi) is 3.73. The van der Waals surface area contributed by atoms with Gasteiger partial charge in [0.15, 0.2) is 0 Å². The van der Waals surface area contributed by atoms with Gasteiger partial charge in [-0.3, -0.25) is 4.79 Å². The van der Waals surface area contributed by atoms with Crippen molar-refractivity contribution in [1.29, 1.82) is 0 Å². The van der Waals surface area contributed by atoms with Gasteiger partial charge in [-0.25, -0.2) is 0 Å². The standard InChI is InChI=1S/C4H7BrF2N2O/c5-4(6,7)2-9-3(10)1-8/h1-2,8H2,(H,9,10). The molecule has 0 aliphatic carbocycles. The molecule has 0 aliphatic rings. The van der Waals surface area contributed by atoms with Gasteiger partial charge in [-0.15, -0.1) is 0 Å². The Morgan fingerprint density at radius 1 is 1.70 bits per heavy atom. The molecule has 0 aromatic rings. The lowest BCUT2D eigenvalue weighted by atomic mass is 10.5. The van der Waals surface area contributed by atoms with Crippen molar-refractivity contribution in [2.24, 2.45) is 5.73 Å². The maximum atomic E-state index is 11.9. The number of amides is 1. The largest absolute Gasteiger partial charge is 0.348 e. The number of carbonyl (C=O) groups excluding carboxylic acids is 1. The average Bonchev–Trinajstić information content (AvgIpc) is 1.81. The molecule has 0 saturated carbocycles. The molecule has 10 heavy (non-hydrogen) atoms. The molecule has 0 spiro atoms. The number of halogens is 3. The number of hydrogen-bond donors (Lipinski definition) is 2. The van der Waals surface area contributed by atoms with E-state index in [0.29, 0.717) is 0 Å². The van der Waals surface area contributed by atoms with Crippen molar-refractivity contribution in [1.82, 2.24) is 5.32 Å². The van der Waals surface area contributed by atoms with E-state index in [1.54, 1.807) is 0 Å². The third kappa shape index (κ3) is 5.90. The Morgan fingerprint density at radius 3 is 2.50 bits per heavy atom. The third-order valence-corrected chi connectivity index (χ3v) is 0.952. The molecule has 1 amide bonds. The molecular formula is C4H7BrF2N2O. The summed E-state index contributed by atoms with van der Waals surface area (Å²) in [6.07, 6.45) is 0. The summed E-state index contributed by atoms with van der Waals surface area (Å²) in [7, 11) is 0. The molecule has 0 aromatic carbocycles. The number of nitrogens with one attached hydrogen (secondary N) is 1. The van der Waals surface area contributed by atoms with Crippen LogP contribution in [0.3, 0.4) is 0 Å². The van der Waals surface area contributed by atoms with Crippen molar-refractivity contribution in [3.63, 3.8) is 0 Å². The van der Waals surface area contributed by atoms with Gasteiger partial charge >= 0.3 is 4.83 Å². The van der Waals surface area contributed by atoms with Gasteiger partial charge in [-0.05, 0) is 15.9 Å². The maximum Gasteiger partial charge on any atom is 0.318 e. The Labute approximate surface area is 65.1 Å². The smallest absolute Gasteiger partial charge is 0.318 e. The van der Waals surface area contributed by atoms with Crippen LogP contribution in [0.5, 0.6) is 0 Å². The predicted octanol–water partition coefficient (Wildman–Crippen LogP) is 0.0490. The minimum absolute atomic E-state index is 0.275. The Morgan fingerprint density at radius 2 is 2.20 bits per heavy atom. The first-order valence-corrected chi connectivity index (χ1v) is 3.28. The molecule has 0 atom stereocenters. The van der Waals surface area contributed by atoms with Gasteiger partial charge < -0.3 is 11.1 Å². The molecule has 0 rings (SSSR count). The monoisotopic (exact) mass is 216 g/mol. The molecule has 0 radical (unpaired) electrons. The van der Waals surface area contributed by atoms with E-state index in [1.807, 2.05) is 21.2 Å². The van der Waals surface area contributed by atoms with Crippen molar-refractivity contribution in [2.75, 3.05) is 13.1 Å². The van der Waals surface area contributed by atoms with Gasteiger partial charge in [-0.1, -0.05) is 0 Å². The van der Waals surface area contributed by atoms with Gasteiger partial charge in [0.25, 0.3) is 0 Å². The van der Waals surface area contributed by atoms with Crippen molar-refractivity contribution in [3.8, 4) is 0 Å². The molecule has 0 aromatic heterocycles. The van der Waals surface area contributed by atoms with Crippen LogP contribution in [0.25, 0.3) is 0 Å². The highest BCUT2D eigenvalue weighted by Gasteiger charge is 2.23. The van der Waals surface area contributed by atoms with Crippen molar-refractivity contribution in [3.05, 3.63) is 0 Å². The molecule has 0 unspecified atom stereocenters. The topological polar surface area (TPSA) is 55.1 Å². The minimum Gasteiger partial charge on any atom is -0.348 e. The van der Waals surface area contributed by atoms with Gasteiger partial charge in [-0.2, -0.15) is 8.78 Å². The van der Waals surface area contributed by atoms with Crippen LogP contribution in [0, 0.1) is 0 Å². The Balaban J connectivity index is 3.46. The molecule has 3 N–H and O–H groups in total. The molecule has 0 aliphatic heterocycles. The lowest BCUT2D eigenvalue weighted by molar-refractivity contribution is -0.120. The number of carbonyl (C=O) groups is 1. The summed E-state index contributed by atoms with van der Waals surface area (Å²) in [6.45, 7) is -1.01. The fourth-order valence-corrected chi connectivity index (χ4v) is 0.411. The summed E-state index contributed by atoms with van der Waals surface area (Å²) >= 11 is 2.05. The normalized spacial score (nSPS) is 11.2. The molecule has 6 heteroatoms. The zero-order valence-corrected chi connectivity index (χ0v) is 6.62. The van der Waals surface area contributed by atoms with Gasteiger partial charge in [0, 0.05) is 0 Å². The van der Waals surface area contributed by atoms with E-state index >= 15 is 0 Å². The number of alkyl halides is 3. The van der Waals surface area contributed by atoms with E-state index in [0.717, 1.165) is 0 Å². The van der Waals surface area contributed by atoms with Crippen LogP contribution in [0.4, 0.5) is 8.78 Å². The molecule has 0 saturated heterocycles. The SMILES string of the molecule is NCC(=O)NCC(F)(F)Br.